The number of aliphatic carboxylic acids is 1. The van der Waals surface area contributed by atoms with E-state index in [1.165, 1.54) is 6.92 Å². The summed E-state index contributed by atoms with van der Waals surface area (Å²) in [4.78, 5) is 142. The van der Waals surface area contributed by atoms with Gasteiger partial charge >= 0.3 is 12.1 Å². The molecule has 0 aliphatic heterocycles. The number of hydrogen-bond donors (Lipinski definition) is 14. The molecule has 0 fully saturated rings. The number of thioether (sulfide) groups is 1. The first-order valence-electron chi connectivity index (χ1n) is 22.2. The van der Waals surface area contributed by atoms with Crippen molar-refractivity contribution >= 4 is 77.0 Å². The first-order valence-corrected chi connectivity index (χ1v) is 23.3. The predicted molar refractivity (Wildman–Crippen MR) is 249 cm³/mol. The first-order chi connectivity index (χ1) is 31.8. The van der Waals surface area contributed by atoms with E-state index in [0.29, 0.717) is 0 Å². The van der Waals surface area contributed by atoms with Crippen LogP contribution in [0.15, 0.2) is 0 Å². The van der Waals surface area contributed by atoms with Crippen molar-refractivity contribution in [3.05, 3.63) is 0 Å². The maximum atomic E-state index is 13.7. The number of rotatable bonds is 30. The second-order valence-electron chi connectivity index (χ2n) is 18.3. The Hall–Kier alpha value is -5.80. The monoisotopic (exact) mass is 1010 g/mol. The number of carboxylic acids is 1. The van der Waals surface area contributed by atoms with Crippen LogP contribution < -0.4 is 53.6 Å². The van der Waals surface area contributed by atoms with E-state index in [1.807, 2.05) is 0 Å². The molecule has 0 aromatic heterocycles. The highest BCUT2D eigenvalue weighted by atomic mass is 32.2. The Morgan fingerprint density at radius 3 is 1.43 bits per heavy atom. The minimum absolute atomic E-state index is 0.0246. The summed E-state index contributed by atoms with van der Waals surface area (Å²) in [5.41, 5.74) is 4.34. The van der Waals surface area contributed by atoms with E-state index in [9.17, 15) is 73.2 Å². The largest absolute Gasteiger partial charge is 0.480 e. The summed E-state index contributed by atoms with van der Waals surface area (Å²) in [6.07, 6.45) is -3.60. The molecule has 0 aromatic carbocycles. The minimum atomic E-state index is -1.85. The molecule has 0 unspecified atom stereocenters. The fraction of sp³-hybridized carbons (Fsp3) is 0.738. The molecule has 9 atom stereocenters. The number of aliphatic hydroxyl groups is 3. The maximum Gasteiger partial charge on any atom is 0.408 e. The number of carbonyl (C=O) groups excluding carboxylic acids is 10. The molecular weight excluding hydrogens is 933 g/mol. The van der Waals surface area contributed by atoms with Gasteiger partial charge in [-0.05, 0) is 58.3 Å². The van der Waals surface area contributed by atoms with Crippen molar-refractivity contribution in [2.45, 2.75) is 155 Å². The molecule has 26 nitrogen and oxygen atoms in total. The molecule has 0 aliphatic rings. The molecule has 0 radical (unpaired) electrons. The summed E-state index contributed by atoms with van der Waals surface area (Å²) < 4.78 is 5.08. The summed E-state index contributed by atoms with van der Waals surface area (Å²) in [7, 11) is 0. The topological polar surface area (TPSA) is 412 Å². The van der Waals surface area contributed by atoms with E-state index >= 15 is 0 Å². The average Bonchev–Trinajstić information content (AvgIpc) is 3.21. The normalized spacial score (nSPS) is 15.3. The number of nitrogens with one attached hydrogen (secondary N) is 9. The zero-order valence-electron chi connectivity index (χ0n) is 41.1. The van der Waals surface area contributed by atoms with Crippen molar-refractivity contribution < 1.29 is 77.9 Å². The highest BCUT2D eigenvalue weighted by Crippen LogP contribution is 2.12. The number of carboxylic acid groups (broad SMARTS) is 1. The van der Waals surface area contributed by atoms with Crippen LogP contribution in [-0.4, -0.2) is 171 Å². The van der Waals surface area contributed by atoms with E-state index in [0.717, 1.165) is 18.7 Å². The van der Waals surface area contributed by atoms with Crippen LogP contribution in [0.2, 0.25) is 0 Å². The summed E-state index contributed by atoms with van der Waals surface area (Å²) in [6, 6.07) is -12.7. The van der Waals surface area contributed by atoms with Gasteiger partial charge < -0.3 is 78.7 Å². The van der Waals surface area contributed by atoms with Gasteiger partial charge in [-0.3, -0.25) is 43.2 Å². The van der Waals surface area contributed by atoms with Crippen LogP contribution in [0.4, 0.5) is 4.79 Å². The molecule has 0 saturated heterocycles. The third kappa shape index (κ3) is 25.4. The predicted octanol–water partition coefficient (Wildman–Crippen LogP) is -3.83. The highest BCUT2D eigenvalue weighted by molar-refractivity contribution is 7.99. The van der Waals surface area contributed by atoms with Gasteiger partial charge in [0.15, 0.2) is 0 Å². The number of amides is 10. The average molecular weight is 1010 g/mol. The Kier molecular flexibility index (Phi) is 28.1. The van der Waals surface area contributed by atoms with E-state index in [-0.39, 0.29) is 36.3 Å². The van der Waals surface area contributed by atoms with Crippen LogP contribution in [0.25, 0.3) is 0 Å². The Morgan fingerprint density at radius 1 is 0.565 bits per heavy atom. The molecule has 0 saturated carbocycles. The quantitative estimate of drug-likeness (QED) is 0.0242. The lowest BCUT2D eigenvalue weighted by atomic mass is 10.00. The molecular formula is C42H74N10O16S. The summed E-state index contributed by atoms with van der Waals surface area (Å²) in [5, 5.41) is 61.3. The van der Waals surface area contributed by atoms with Gasteiger partial charge in [0.1, 0.15) is 53.9 Å². The summed E-state index contributed by atoms with van der Waals surface area (Å²) in [5.74, 6) is -11.5. The number of carbonyl (C=O) groups is 11. The fourth-order valence-corrected chi connectivity index (χ4v) is 6.84. The highest BCUT2D eigenvalue weighted by Gasteiger charge is 2.37. The number of primary amides is 1. The SMILES string of the molecule is CC(=O)NCSC[C@H](NC(=O)[C@@H](NC(=O)[C@H](CO)NC(=O)[C@H](CC(C)C)NC(=O)[C@H](CC(N)=O)NC(=O)[C@H](CO)NC(=O)OC(C)(C)C)[C@@H](C)O)C(=O)N[C@H](C(=O)N[C@@H](CC(C)C)C(=O)O)C(C)C. The second kappa shape index (κ2) is 30.6. The number of ether oxygens (including phenoxy) is 1. The lowest BCUT2D eigenvalue weighted by Crippen LogP contribution is -2.63. The van der Waals surface area contributed by atoms with E-state index in [2.05, 4.69) is 47.9 Å². The maximum absolute atomic E-state index is 13.7. The van der Waals surface area contributed by atoms with Crippen molar-refractivity contribution in [2.75, 3.05) is 24.8 Å². The summed E-state index contributed by atoms with van der Waals surface area (Å²) >= 11 is 0.979. The van der Waals surface area contributed by atoms with Crippen molar-refractivity contribution in [2.24, 2.45) is 23.5 Å². The standard InChI is InChI=1S/C42H74N10O16S/c1-19(2)12-24(45-34(59)25(14-30(43)57)46-35(60)28(16-54)50-41(67)68-42(9,10)11)33(58)48-27(15-53)36(61)52-32(22(7)55)39(64)49-29(17-69-18-44-23(8)56)37(62)51-31(21(5)6)38(63)47-26(40(65)66)13-20(3)4/h19-22,24-29,31-32,53-55H,12-18H2,1-11H3,(H2,43,57)(H,44,56)(H,45,59)(H,46,60)(H,47,63)(H,48,58)(H,49,64)(H,50,67)(H,51,62)(H,52,61)(H,65,66)/t22-,24+,25+,26+,27+,28+,29+,31+,32+/m1/s1. The van der Waals surface area contributed by atoms with Crippen molar-refractivity contribution in [3.8, 4) is 0 Å². The minimum Gasteiger partial charge on any atom is -0.480 e. The van der Waals surface area contributed by atoms with E-state index in [4.69, 9.17) is 10.5 Å². The lowest BCUT2D eigenvalue weighted by Gasteiger charge is -2.29. The molecule has 10 amide bonds. The molecule has 0 aromatic rings. The molecule has 0 spiro atoms. The zero-order valence-corrected chi connectivity index (χ0v) is 41.9. The third-order valence-corrected chi connectivity index (χ3v) is 10.3. The summed E-state index contributed by atoms with van der Waals surface area (Å²) in [6.45, 7) is 15.0. The van der Waals surface area contributed by atoms with Gasteiger partial charge in [-0.15, -0.1) is 11.8 Å². The van der Waals surface area contributed by atoms with E-state index < -0.39 is 151 Å². The molecule has 394 valence electrons. The van der Waals surface area contributed by atoms with Crippen LogP contribution in [0.1, 0.15) is 95.4 Å². The first kappa shape index (κ1) is 63.2. The molecule has 0 heterocycles. The van der Waals surface area contributed by atoms with Crippen LogP contribution in [-0.2, 0) is 52.7 Å². The van der Waals surface area contributed by atoms with Crippen molar-refractivity contribution in [3.63, 3.8) is 0 Å². The van der Waals surface area contributed by atoms with Gasteiger partial charge in [0.05, 0.1) is 31.6 Å². The molecule has 27 heteroatoms. The molecule has 0 bridgehead atoms. The van der Waals surface area contributed by atoms with Crippen LogP contribution >= 0.6 is 11.8 Å². The number of hydrogen-bond acceptors (Lipinski definition) is 16. The molecule has 0 rings (SSSR count). The Morgan fingerprint density at radius 2 is 0.971 bits per heavy atom. The van der Waals surface area contributed by atoms with E-state index in [1.54, 1.807) is 62.3 Å². The fourth-order valence-electron chi connectivity index (χ4n) is 5.94. The van der Waals surface area contributed by atoms with Crippen molar-refractivity contribution in [1.82, 2.24) is 47.9 Å². The van der Waals surface area contributed by atoms with Gasteiger partial charge in [0.25, 0.3) is 0 Å². The van der Waals surface area contributed by atoms with Crippen LogP contribution in [0, 0.1) is 17.8 Å². The Bertz CT molecular complexity index is 1790. The van der Waals surface area contributed by atoms with Gasteiger partial charge in [0, 0.05) is 12.7 Å². The van der Waals surface area contributed by atoms with Gasteiger partial charge in [-0.1, -0.05) is 41.5 Å². The number of aliphatic hydroxyl groups excluding tert-OH is 3. The molecule has 0 aliphatic carbocycles. The van der Waals surface area contributed by atoms with Crippen LogP contribution in [0.5, 0.6) is 0 Å². The Labute approximate surface area is 405 Å². The second-order valence-corrected chi connectivity index (χ2v) is 19.4. The molecule has 69 heavy (non-hydrogen) atoms. The van der Waals surface area contributed by atoms with Gasteiger partial charge in [0.2, 0.25) is 53.2 Å². The smallest absolute Gasteiger partial charge is 0.408 e. The number of alkyl carbamates (subject to hydrolysis) is 1. The zero-order chi connectivity index (χ0) is 53.5. The van der Waals surface area contributed by atoms with Gasteiger partial charge in [-0.2, -0.15) is 0 Å². The van der Waals surface area contributed by atoms with Crippen LogP contribution in [0.3, 0.4) is 0 Å². The van der Waals surface area contributed by atoms with Crippen molar-refractivity contribution in [1.29, 1.82) is 0 Å². The lowest BCUT2D eigenvalue weighted by molar-refractivity contribution is -0.143. The number of nitrogens with two attached hydrogens (primary N) is 1. The third-order valence-electron chi connectivity index (χ3n) is 9.36. The molecule has 15 N–H and O–H groups in total. The Balaban J connectivity index is 6.40. The van der Waals surface area contributed by atoms with Gasteiger partial charge in [-0.25, -0.2) is 9.59 Å².